The van der Waals surface area contributed by atoms with Crippen LogP contribution in [0.15, 0.2) is 0 Å². The molecule has 0 radical (unpaired) electrons. The largest absolute Gasteiger partial charge is 0.472 e. The predicted molar refractivity (Wildman–Crippen MR) is 340 cm³/mol. The van der Waals surface area contributed by atoms with Gasteiger partial charge in [-0.1, -0.05) is 285 Å². The van der Waals surface area contributed by atoms with E-state index in [1.165, 1.54) is 154 Å². The number of rotatable bonds is 66. The zero-order chi connectivity index (χ0) is 62.8. The van der Waals surface area contributed by atoms with Gasteiger partial charge in [0.05, 0.1) is 26.4 Å². The number of aliphatic hydroxyl groups is 1. The summed E-state index contributed by atoms with van der Waals surface area (Å²) < 4.78 is 68.0. The number of esters is 4. The van der Waals surface area contributed by atoms with Gasteiger partial charge >= 0.3 is 39.5 Å². The number of hydrogen-bond donors (Lipinski definition) is 3. The quantitative estimate of drug-likeness (QED) is 0.0222. The van der Waals surface area contributed by atoms with Crippen LogP contribution in [-0.2, 0) is 65.4 Å². The highest BCUT2D eigenvalue weighted by Crippen LogP contribution is 2.45. The van der Waals surface area contributed by atoms with Crippen LogP contribution in [0, 0.1) is 5.92 Å². The molecule has 85 heavy (non-hydrogen) atoms. The third-order valence-corrected chi connectivity index (χ3v) is 17.2. The summed E-state index contributed by atoms with van der Waals surface area (Å²) >= 11 is 0. The van der Waals surface area contributed by atoms with Crippen molar-refractivity contribution in [2.75, 3.05) is 39.6 Å². The number of carbonyl (C=O) groups excluding carboxylic acids is 4. The summed E-state index contributed by atoms with van der Waals surface area (Å²) in [6, 6.07) is 0. The minimum Gasteiger partial charge on any atom is -0.462 e. The Morgan fingerprint density at radius 1 is 0.318 bits per heavy atom. The van der Waals surface area contributed by atoms with Crippen molar-refractivity contribution in [3.8, 4) is 0 Å². The van der Waals surface area contributed by atoms with E-state index in [2.05, 4.69) is 34.6 Å². The van der Waals surface area contributed by atoms with Crippen molar-refractivity contribution < 1.29 is 80.2 Å². The maximum atomic E-state index is 13.0. The molecule has 2 unspecified atom stereocenters. The van der Waals surface area contributed by atoms with Crippen molar-refractivity contribution in [3.05, 3.63) is 0 Å². The molecule has 504 valence electrons. The van der Waals surface area contributed by atoms with Crippen LogP contribution >= 0.6 is 15.6 Å². The molecule has 0 saturated heterocycles. The van der Waals surface area contributed by atoms with Crippen LogP contribution in [0.25, 0.3) is 0 Å². The summed E-state index contributed by atoms with van der Waals surface area (Å²) in [4.78, 5) is 72.2. The number of phosphoric acid groups is 2. The molecule has 0 rings (SSSR count). The van der Waals surface area contributed by atoms with E-state index < -0.39 is 97.5 Å². The second-order valence-corrected chi connectivity index (χ2v) is 27.2. The average Bonchev–Trinajstić information content (AvgIpc) is 3.48. The van der Waals surface area contributed by atoms with Gasteiger partial charge in [0.1, 0.15) is 19.3 Å². The van der Waals surface area contributed by atoms with E-state index in [1.54, 1.807) is 0 Å². The molecule has 0 aromatic rings. The Bertz CT molecular complexity index is 1650. The van der Waals surface area contributed by atoms with Crippen LogP contribution < -0.4 is 0 Å². The summed E-state index contributed by atoms with van der Waals surface area (Å²) in [5.74, 6) is -1.40. The fourth-order valence-corrected chi connectivity index (χ4v) is 11.5. The molecular weight excluding hydrogens is 1130 g/mol. The Morgan fingerprint density at radius 2 is 0.541 bits per heavy atom. The zero-order valence-electron chi connectivity index (χ0n) is 54.7. The van der Waals surface area contributed by atoms with Gasteiger partial charge in [-0.15, -0.1) is 0 Å². The lowest BCUT2D eigenvalue weighted by Gasteiger charge is -2.21. The predicted octanol–water partition coefficient (Wildman–Crippen LogP) is 18.6. The number of aliphatic hydroxyl groups excluding tert-OH is 1. The molecule has 5 atom stereocenters. The monoisotopic (exact) mass is 1250 g/mol. The molecule has 0 aliphatic carbocycles. The Kier molecular flexibility index (Phi) is 58.3. The van der Waals surface area contributed by atoms with E-state index in [-0.39, 0.29) is 25.7 Å². The van der Waals surface area contributed by atoms with Crippen molar-refractivity contribution in [3.63, 3.8) is 0 Å². The maximum Gasteiger partial charge on any atom is 0.472 e. The van der Waals surface area contributed by atoms with Crippen LogP contribution in [0.5, 0.6) is 0 Å². The molecular formula is C66H128O17P2. The van der Waals surface area contributed by atoms with Gasteiger partial charge in [-0.3, -0.25) is 37.3 Å². The lowest BCUT2D eigenvalue weighted by atomic mass is 10.0. The third kappa shape index (κ3) is 60.7. The summed E-state index contributed by atoms with van der Waals surface area (Å²) in [5.41, 5.74) is 0. The summed E-state index contributed by atoms with van der Waals surface area (Å²) in [6.45, 7) is 7.15. The lowest BCUT2D eigenvalue weighted by molar-refractivity contribution is -0.161. The topological polar surface area (TPSA) is 237 Å². The molecule has 0 amide bonds. The number of hydrogen-bond acceptors (Lipinski definition) is 15. The first kappa shape index (κ1) is 83.1. The smallest absolute Gasteiger partial charge is 0.462 e. The van der Waals surface area contributed by atoms with Crippen LogP contribution in [-0.4, -0.2) is 96.7 Å². The van der Waals surface area contributed by atoms with Gasteiger partial charge in [0.25, 0.3) is 0 Å². The molecule has 19 heteroatoms. The lowest BCUT2D eigenvalue weighted by Crippen LogP contribution is -2.30. The van der Waals surface area contributed by atoms with Crippen molar-refractivity contribution >= 4 is 39.5 Å². The minimum absolute atomic E-state index is 0.106. The van der Waals surface area contributed by atoms with E-state index >= 15 is 0 Å². The van der Waals surface area contributed by atoms with Crippen molar-refractivity contribution in [1.29, 1.82) is 0 Å². The van der Waals surface area contributed by atoms with Crippen LogP contribution in [0.4, 0.5) is 0 Å². The number of ether oxygens (including phenoxy) is 4. The van der Waals surface area contributed by atoms with E-state index in [0.717, 1.165) is 102 Å². The highest BCUT2D eigenvalue weighted by Gasteiger charge is 2.30. The van der Waals surface area contributed by atoms with Gasteiger partial charge in [-0.05, 0) is 31.6 Å². The molecule has 0 saturated carbocycles. The number of phosphoric ester groups is 2. The van der Waals surface area contributed by atoms with Gasteiger partial charge in [-0.2, -0.15) is 0 Å². The van der Waals surface area contributed by atoms with E-state index in [1.807, 2.05) is 0 Å². The fraction of sp³-hybridized carbons (Fsp3) is 0.939. The molecule has 3 N–H and O–H groups in total. The number of unbranched alkanes of at least 4 members (excludes halogenated alkanes) is 38. The molecule has 17 nitrogen and oxygen atoms in total. The van der Waals surface area contributed by atoms with Gasteiger partial charge < -0.3 is 33.8 Å². The first-order valence-corrected chi connectivity index (χ1v) is 37.6. The van der Waals surface area contributed by atoms with E-state index in [4.69, 9.17) is 37.0 Å². The zero-order valence-corrected chi connectivity index (χ0v) is 56.5. The second-order valence-electron chi connectivity index (χ2n) is 24.3. The van der Waals surface area contributed by atoms with Crippen molar-refractivity contribution in [2.45, 2.75) is 355 Å². The maximum absolute atomic E-state index is 13.0. The Balaban J connectivity index is 5.21. The van der Waals surface area contributed by atoms with Crippen molar-refractivity contribution in [2.24, 2.45) is 5.92 Å². The van der Waals surface area contributed by atoms with E-state index in [0.29, 0.717) is 25.7 Å². The third-order valence-electron chi connectivity index (χ3n) is 15.3. The molecule has 0 heterocycles. The molecule has 0 aliphatic heterocycles. The molecule has 0 aromatic carbocycles. The Labute approximate surface area is 517 Å². The highest BCUT2D eigenvalue weighted by molar-refractivity contribution is 7.47. The fourth-order valence-electron chi connectivity index (χ4n) is 9.94. The van der Waals surface area contributed by atoms with Gasteiger partial charge in [0.15, 0.2) is 12.2 Å². The van der Waals surface area contributed by atoms with Gasteiger partial charge in [0, 0.05) is 25.7 Å². The normalized spacial score (nSPS) is 14.2. The minimum atomic E-state index is -4.95. The summed E-state index contributed by atoms with van der Waals surface area (Å²) in [5, 5.41) is 10.5. The molecule has 0 fully saturated rings. The van der Waals surface area contributed by atoms with Crippen LogP contribution in [0.2, 0.25) is 0 Å². The van der Waals surface area contributed by atoms with E-state index in [9.17, 15) is 43.2 Å². The SMILES string of the molecule is CCCCCCCCCCCCCCCCCCC(=O)O[C@H](COC(=O)CCCCCCCCCCC(C)C)COP(=O)(O)OC[C@@H](O)COP(=O)(O)OC[C@@H](COC(=O)CCCCCCCCCC)OC(=O)CCCCCCCCCCCC. The van der Waals surface area contributed by atoms with Crippen LogP contribution in [0.1, 0.15) is 336 Å². The molecule has 0 spiro atoms. The summed E-state index contributed by atoms with van der Waals surface area (Å²) in [6.07, 6.45) is 44.5. The second kappa shape index (κ2) is 59.7. The molecule has 0 aliphatic rings. The first-order chi connectivity index (χ1) is 41.0. The standard InChI is InChI=1S/C66H128O17P2/c1-6-9-12-15-18-21-23-24-25-26-27-28-30-37-42-47-52-66(71)83-62(56-77-64(69)50-45-40-35-32-31-33-38-43-48-59(4)5)58-81-85(74,75)79-54-60(67)53-78-84(72,73)80-57-61(55-76-63(68)49-44-39-34-20-17-14-11-8-3)82-65(70)51-46-41-36-29-22-19-16-13-10-7-2/h59-62,67H,6-58H2,1-5H3,(H,72,73)(H,74,75)/t60-,61+,62+/m0/s1. The molecule has 0 bridgehead atoms. The number of carbonyl (C=O) groups is 4. The van der Waals surface area contributed by atoms with Gasteiger partial charge in [0.2, 0.25) is 0 Å². The summed E-state index contributed by atoms with van der Waals surface area (Å²) in [7, 11) is -9.89. The Hall–Kier alpha value is -1.94. The van der Waals surface area contributed by atoms with Crippen LogP contribution in [0.3, 0.4) is 0 Å². The molecule has 0 aromatic heterocycles. The first-order valence-electron chi connectivity index (χ1n) is 34.6. The average molecular weight is 1260 g/mol. The Morgan fingerprint density at radius 3 is 0.800 bits per heavy atom. The van der Waals surface area contributed by atoms with Gasteiger partial charge in [-0.25, -0.2) is 9.13 Å². The highest BCUT2D eigenvalue weighted by atomic mass is 31.2. The van der Waals surface area contributed by atoms with Crippen molar-refractivity contribution in [1.82, 2.24) is 0 Å².